The van der Waals surface area contributed by atoms with Gasteiger partial charge < -0.3 is 29.6 Å². The van der Waals surface area contributed by atoms with E-state index in [1.54, 1.807) is 13.0 Å². The zero-order valence-electron chi connectivity index (χ0n) is 20.8. The van der Waals surface area contributed by atoms with Crippen molar-refractivity contribution in [1.29, 1.82) is 0 Å². The predicted octanol–water partition coefficient (Wildman–Crippen LogP) is 2.43. The van der Waals surface area contributed by atoms with Crippen LogP contribution in [0.15, 0.2) is 21.8 Å². The molecule has 0 saturated heterocycles. The molecule has 38 heavy (non-hydrogen) atoms. The molecule has 1 aromatic carbocycles. The Kier molecular flexibility index (Phi) is 5.95. The number of nitrogens with zero attached hydrogens (tertiary/aromatic N) is 2. The number of thioether (sulfide) groups is 1. The molecule has 4 heterocycles. The van der Waals surface area contributed by atoms with Crippen molar-refractivity contribution in [1.82, 2.24) is 14.9 Å². The van der Waals surface area contributed by atoms with E-state index >= 15 is 0 Å². The van der Waals surface area contributed by atoms with Gasteiger partial charge in [0.25, 0.3) is 11.5 Å². The molecule has 2 aromatic heterocycles. The molecule has 6 rings (SSSR count). The van der Waals surface area contributed by atoms with Crippen molar-refractivity contribution in [3.63, 3.8) is 0 Å². The Hall–Kier alpha value is -3.12. The number of carbonyl (C=O) groups excluding carboxylic acids is 2. The van der Waals surface area contributed by atoms with Crippen molar-refractivity contribution >= 4 is 34.9 Å². The van der Waals surface area contributed by atoms with Gasteiger partial charge in [0.05, 0.1) is 36.1 Å². The van der Waals surface area contributed by atoms with E-state index in [9.17, 15) is 29.0 Å². The Morgan fingerprint density at radius 3 is 2.84 bits per heavy atom. The van der Waals surface area contributed by atoms with Crippen LogP contribution in [0.1, 0.15) is 59.2 Å². The topological polar surface area (TPSA) is 131 Å². The standard InChI is InChI=1S/C27H26FN3O6S/c1-12-16(28)7-17-22-21(18(11-38-24(12)22)30-26(35)27(36)4-3-5-27)14-8-31-19(23(14)29-17)6-13(20(33)9-32)15(10-37-2)25(31)34/h6-7,9,18,20,33,36H,3-5,8,10-11H2,1-2H3,(H,30,35). The van der Waals surface area contributed by atoms with Crippen LogP contribution in [0.25, 0.3) is 22.3 Å². The molecule has 198 valence electrons. The quantitative estimate of drug-likeness (QED) is 0.319. The number of amides is 1. The van der Waals surface area contributed by atoms with Gasteiger partial charge in [0.1, 0.15) is 17.5 Å². The SMILES string of the molecule is COCc1c(C(O)C=O)cc2n(c1=O)Cc1c-2nc2cc(F)c(C)c3c2c1C(NC(=O)C1(O)CCC1)CS3. The van der Waals surface area contributed by atoms with Crippen molar-refractivity contribution in [3.8, 4) is 11.4 Å². The summed E-state index contributed by atoms with van der Waals surface area (Å²) in [5, 5.41) is 24.7. The van der Waals surface area contributed by atoms with Gasteiger partial charge >= 0.3 is 0 Å². The lowest BCUT2D eigenvalue weighted by Gasteiger charge is -2.37. The molecule has 9 nitrogen and oxygen atoms in total. The van der Waals surface area contributed by atoms with Gasteiger partial charge in [0.2, 0.25) is 0 Å². The molecule has 1 aliphatic carbocycles. The number of pyridine rings is 2. The summed E-state index contributed by atoms with van der Waals surface area (Å²) < 4.78 is 21.6. The molecule has 3 aliphatic rings. The van der Waals surface area contributed by atoms with Crippen LogP contribution in [0.3, 0.4) is 0 Å². The zero-order chi connectivity index (χ0) is 26.9. The first-order chi connectivity index (χ1) is 18.2. The average Bonchev–Trinajstić information content (AvgIpc) is 3.25. The summed E-state index contributed by atoms with van der Waals surface area (Å²) >= 11 is 1.43. The number of benzene rings is 1. The zero-order valence-corrected chi connectivity index (χ0v) is 21.7. The third kappa shape index (κ3) is 3.56. The number of methoxy groups -OCH3 is 1. The molecule has 0 spiro atoms. The minimum Gasteiger partial charge on any atom is -0.381 e. The van der Waals surface area contributed by atoms with Crippen molar-refractivity contribution < 1.29 is 28.9 Å². The van der Waals surface area contributed by atoms with Gasteiger partial charge in [-0.15, -0.1) is 11.8 Å². The van der Waals surface area contributed by atoms with Gasteiger partial charge in [0.15, 0.2) is 6.29 Å². The molecule has 2 aliphatic heterocycles. The molecule has 0 radical (unpaired) electrons. The van der Waals surface area contributed by atoms with E-state index < -0.39 is 35.0 Å². The van der Waals surface area contributed by atoms with Crippen molar-refractivity contribution in [3.05, 3.63) is 56.1 Å². The summed E-state index contributed by atoms with van der Waals surface area (Å²) in [5.41, 5.74) is 1.60. The van der Waals surface area contributed by atoms with Crippen LogP contribution in [-0.4, -0.2) is 50.4 Å². The molecule has 1 amide bonds. The van der Waals surface area contributed by atoms with E-state index in [1.807, 2.05) is 0 Å². The second-order valence-corrected chi connectivity index (χ2v) is 11.2. The van der Waals surface area contributed by atoms with Gasteiger partial charge in [-0.1, -0.05) is 0 Å². The molecule has 1 saturated carbocycles. The van der Waals surface area contributed by atoms with Crippen LogP contribution in [0, 0.1) is 12.7 Å². The van der Waals surface area contributed by atoms with E-state index in [0.29, 0.717) is 52.9 Å². The number of aliphatic hydroxyl groups is 2. The van der Waals surface area contributed by atoms with Crippen LogP contribution in [0.5, 0.6) is 0 Å². The number of halogens is 1. The number of fused-ring (bicyclic) bond motifs is 4. The van der Waals surface area contributed by atoms with Gasteiger partial charge in [-0.3, -0.25) is 9.59 Å². The van der Waals surface area contributed by atoms with E-state index in [0.717, 1.165) is 22.3 Å². The van der Waals surface area contributed by atoms with E-state index in [-0.39, 0.29) is 24.3 Å². The minimum atomic E-state index is -1.53. The van der Waals surface area contributed by atoms with Gasteiger partial charge in [-0.05, 0) is 43.4 Å². The second-order valence-electron chi connectivity index (χ2n) is 10.2. The number of aromatic nitrogens is 2. The van der Waals surface area contributed by atoms with E-state index in [4.69, 9.17) is 9.72 Å². The van der Waals surface area contributed by atoms with E-state index in [2.05, 4.69) is 5.32 Å². The summed E-state index contributed by atoms with van der Waals surface area (Å²) in [6.07, 6.45) is 0.385. The molecule has 3 N–H and O–H groups in total. The predicted molar refractivity (Wildman–Crippen MR) is 137 cm³/mol. The highest BCUT2D eigenvalue weighted by Crippen LogP contribution is 2.48. The van der Waals surface area contributed by atoms with Crippen LogP contribution in [0.4, 0.5) is 4.39 Å². The fourth-order valence-corrected chi connectivity index (χ4v) is 6.96. The minimum absolute atomic E-state index is 0.0968. The first-order valence-electron chi connectivity index (χ1n) is 12.4. The summed E-state index contributed by atoms with van der Waals surface area (Å²) in [7, 11) is 1.42. The van der Waals surface area contributed by atoms with Crippen LogP contribution < -0.4 is 10.9 Å². The Morgan fingerprint density at radius 2 is 2.18 bits per heavy atom. The molecular formula is C27H26FN3O6S. The van der Waals surface area contributed by atoms with Crippen LogP contribution >= 0.6 is 11.8 Å². The van der Waals surface area contributed by atoms with Crippen LogP contribution in [-0.2, 0) is 27.5 Å². The van der Waals surface area contributed by atoms with Gasteiger partial charge in [0, 0.05) is 45.9 Å². The van der Waals surface area contributed by atoms with Crippen LogP contribution in [0.2, 0.25) is 0 Å². The molecule has 0 bridgehead atoms. The lowest BCUT2D eigenvalue weighted by Crippen LogP contribution is -2.53. The highest BCUT2D eigenvalue weighted by Gasteiger charge is 2.44. The monoisotopic (exact) mass is 539 g/mol. The molecule has 3 aromatic rings. The number of carbonyl (C=O) groups is 2. The average molecular weight is 540 g/mol. The molecule has 11 heteroatoms. The summed E-state index contributed by atoms with van der Waals surface area (Å²) in [5.74, 6) is -0.436. The highest BCUT2D eigenvalue weighted by molar-refractivity contribution is 7.99. The Labute approximate surface area is 221 Å². The van der Waals surface area contributed by atoms with Gasteiger partial charge in [-0.2, -0.15) is 0 Å². The maximum absolute atomic E-state index is 14.9. The maximum Gasteiger partial charge on any atom is 0.257 e. The Bertz CT molecular complexity index is 1600. The Balaban J connectivity index is 1.59. The fraction of sp³-hybridized carbons (Fsp3) is 0.407. The number of aldehydes is 1. The highest BCUT2D eigenvalue weighted by atomic mass is 32.2. The number of ether oxygens (including phenoxy) is 1. The normalized spacial score (nSPS) is 19.4. The molecule has 2 unspecified atom stereocenters. The summed E-state index contributed by atoms with van der Waals surface area (Å²) in [4.78, 5) is 43.5. The van der Waals surface area contributed by atoms with Gasteiger partial charge in [-0.25, -0.2) is 9.37 Å². The van der Waals surface area contributed by atoms with E-state index in [1.165, 1.54) is 29.5 Å². The van der Waals surface area contributed by atoms with Crippen molar-refractivity contribution in [2.75, 3.05) is 12.9 Å². The number of hydrogen-bond donors (Lipinski definition) is 3. The third-order valence-electron chi connectivity index (χ3n) is 7.94. The van der Waals surface area contributed by atoms with Crippen molar-refractivity contribution in [2.24, 2.45) is 0 Å². The Morgan fingerprint density at radius 1 is 1.42 bits per heavy atom. The molecular weight excluding hydrogens is 513 g/mol. The third-order valence-corrected chi connectivity index (χ3v) is 9.24. The number of nitrogens with one attached hydrogen (secondary N) is 1. The summed E-state index contributed by atoms with van der Waals surface area (Å²) in [6.45, 7) is 1.75. The first kappa shape index (κ1) is 25.2. The lowest BCUT2D eigenvalue weighted by molar-refractivity contribution is -0.149. The fourth-order valence-electron chi connectivity index (χ4n) is 5.71. The first-order valence-corrected chi connectivity index (χ1v) is 13.4. The number of rotatable bonds is 6. The largest absolute Gasteiger partial charge is 0.381 e. The number of hydrogen-bond acceptors (Lipinski definition) is 8. The molecule has 2 atom stereocenters. The lowest BCUT2D eigenvalue weighted by atomic mass is 9.79. The maximum atomic E-state index is 14.9. The molecule has 1 fully saturated rings. The van der Waals surface area contributed by atoms with Crippen molar-refractivity contribution in [2.45, 2.75) is 62.0 Å². The second kappa shape index (κ2) is 8.98. The summed E-state index contributed by atoms with van der Waals surface area (Å²) in [6, 6.07) is 2.40. The number of aliphatic hydroxyl groups excluding tert-OH is 1. The smallest absolute Gasteiger partial charge is 0.257 e.